The number of hydrogen-bond acceptors (Lipinski definition) is 10. The molecular weight excluding hydrogens is 610 g/mol. The number of ether oxygens (including phenoxy) is 3. The first-order chi connectivity index (χ1) is 23.5. The van der Waals surface area contributed by atoms with Gasteiger partial charge < -0.3 is 38.9 Å². The molecule has 4 aliphatic rings. The quantitative estimate of drug-likeness (QED) is 0.342. The number of likely N-dealkylation sites (N-methyl/N-ethyl adjacent to an activating group) is 1. The van der Waals surface area contributed by atoms with Crippen LogP contribution >= 0.6 is 0 Å². The number of nitrogens with zero attached hydrogens (tertiary/aromatic N) is 7. The van der Waals surface area contributed by atoms with Crippen LogP contribution in [-0.2, 0) is 29.0 Å². The maximum atomic E-state index is 11.9. The topological polar surface area (TPSA) is 128 Å². The van der Waals surface area contributed by atoms with Crippen LogP contribution in [0.15, 0.2) is 36.4 Å². The zero-order chi connectivity index (χ0) is 33.0. The van der Waals surface area contributed by atoms with E-state index in [0.717, 1.165) is 91.9 Å². The standard InChI is InChI=1S/C36H45N7O5/c1-40-16-6-10-28(40)24-48-35-38-30-22-41(17-14-29(30)34(39-35)42-18-19-43(36(44)45)27(21-42)13-15-37)31-11-5-8-25-7-4-9-26(33(25)31)23-47-32-12-2-3-20-46-32/h4-5,7-9,11,27-28,32H,2-3,6,10,12-14,16-24H2,1H3,(H,44,45)/t27-,28-,32+/m0/s1. The highest BCUT2D eigenvalue weighted by Crippen LogP contribution is 2.36. The fraction of sp³-hybridized carbons (Fsp3) is 0.556. The molecule has 3 fully saturated rings. The molecule has 1 aromatic heterocycles. The van der Waals surface area contributed by atoms with Crippen LogP contribution in [0.25, 0.3) is 10.8 Å². The summed E-state index contributed by atoms with van der Waals surface area (Å²) in [5.41, 5.74) is 4.26. The average Bonchev–Trinajstić information content (AvgIpc) is 3.53. The molecule has 1 N–H and O–H groups in total. The first-order valence-electron chi connectivity index (χ1n) is 17.3. The predicted molar refractivity (Wildman–Crippen MR) is 181 cm³/mol. The Balaban J connectivity index is 1.19. The van der Waals surface area contributed by atoms with Crippen LogP contribution in [0.1, 0.15) is 55.3 Å². The van der Waals surface area contributed by atoms with Crippen molar-refractivity contribution in [3.63, 3.8) is 0 Å². The van der Waals surface area contributed by atoms with Crippen molar-refractivity contribution >= 4 is 28.4 Å². The lowest BCUT2D eigenvalue weighted by atomic mass is 9.99. The lowest BCUT2D eigenvalue weighted by Crippen LogP contribution is -2.55. The molecule has 0 radical (unpaired) electrons. The number of amides is 1. The van der Waals surface area contributed by atoms with Gasteiger partial charge in [-0.05, 0) is 69.1 Å². The van der Waals surface area contributed by atoms with Crippen LogP contribution in [0.4, 0.5) is 16.3 Å². The van der Waals surface area contributed by atoms with Gasteiger partial charge in [0.25, 0.3) is 0 Å². The van der Waals surface area contributed by atoms with Gasteiger partial charge >= 0.3 is 12.1 Å². The summed E-state index contributed by atoms with van der Waals surface area (Å²) in [7, 11) is 2.13. The molecule has 254 valence electrons. The zero-order valence-electron chi connectivity index (χ0n) is 27.7. The second-order valence-corrected chi connectivity index (χ2v) is 13.4. The van der Waals surface area contributed by atoms with E-state index < -0.39 is 12.1 Å². The van der Waals surface area contributed by atoms with Gasteiger partial charge in [0.15, 0.2) is 6.29 Å². The Hall–Kier alpha value is -4.18. The number of carboxylic acid groups (broad SMARTS) is 1. The summed E-state index contributed by atoms with van der Waals surface area (Å²) in [4.78, 5) is 30.1. The third-order valence-corrected chi connectivity index (χ3v) is 10.3. The summed E-state index contributed by atoms with van der Waals surface area (Å²) < 4.78 is 18.4. The van der Waals surface area contributed by atoms with Gasteiger partial charge in [-0.25, -0.2) is 4.79 Å². The van der Waals surface area contributed by atoms with Crippen LogP contribution in [-0.4, -0.2) is 102 Å². The van der Waals surface area contributed by atoms with E-state index in [1.54, 1.807) is 0 Å². The van der Waals surface area contributed by atoms with E-state index in [-0.39, 0.29) is 12.7 Å². The van der Waals surface area contributed by atoms with Gasteiger partial charge in [0.2, 0.25) is 0 Å². The maximum absolute atomic E-state index is 11.9. The Bertz CT molecular complexity index is 1650. The van der Waals surface area contributed by atoms with Gasteiger partial charge in [0.05, 0.1) is 37.4 Å². The molecule has 0 spiro atoms. The SMILES string of the molecule is CN1CCC[C@H]1COc1nc2c(c(N3CCN(C(=O)O)[C@@H](CC#N)C3)n1)CCN(c1cccc3cccc(CO[C@@H]4CCCCO4)c13)C2. The maximum Gasteiger partial charge on any atom is 0.407 e. The molecular formula is C36H45N7O5. The Morgan fingerprint density at radius 3 is 2.69 bits per heavy atom. The summed E-state index contributed by atoms with van der Waals surface area (Å²) in [6.45, 7) is 5.35. The lowest BCUT2D eigenvalue weighted by molar-refractivity contribution is -0.168. The van der Waals surface area contributed by atoms with Crippen molar-refractivity contribution in [2.75, 3.05) is 62.8 Å². The minimum Gasteiger partial charge on any atom is -0.465 e. The van der Waals surface area contributed by atoms with Gasteiger partial charge in [-0.2, -0.15) is 15.2 Å². The van der Waals surface area contributed by atoms with Crippen molar-refractivity contribution < 1.29 is 24.1 Å². The molecule has 12 nitrogen and oxygen atoms in total. The number of piperazine rings is 1. The van der Waals surface area contributed by atoms with E-state index in [9.17, 15) is 15.2 Å². The molecule has 0 saturated carbocycles. The van der Waals surface area contributed by atoms with Crippen molar-refractivity contribution in [1.29, 1.82) is 5.26 Å². The average molecular weight is 656 g/mol. The summed E-state index contributed by atoms with van der Waals surface area (Å²) >= 11 is 0. The molecule has 5 heterocycles. The lowest BCUT2D eigenvalue weighted by Gasteiger charge is -2.41. The molecule has 3 atom stereocenters. The normalized spacial score (nSPS) is 23.2. The largest absolute Gasteiger partial charge is 0.465 e. The van der Waals surface area contributed by atoms with Crippen molar-refractivity contribution in [1.82, 2.24) is 19.8 Å². The van der Waals surface area contributed by atoms with Crippen LogP contribution in [0.2, 0.25) is 0 Å². The number of aromatic nitrogens is 2. The Labute approximate surface area is 281 Å². The number of hydrogen-bond donors (Lipinski definition) is 1. The Morgan fingerprint density at radius 1 is 1.04 bits per heavy atom. The molecule has 1 amide bonds. The molecule has 4 aliphatic heterocycles. The van der Waals surface area contributed by atoms with Crippen LogP contribution in [0.5, 0.6) is 6.01 Å². The van der Waals surface area contributed by atoms with Crippen molar-refractivity contribution in [2.24, 2.45) is 0 Å². The number of nitriles is 1. The molecule has 0 unspecified atom stereocenters. The molecule has 2 aromatic carbocycles. The summed E-state index contributed by atoms with van der Waals surface area (Å²) in [5.74, 6) is 0.793. The number of benzene rings is 2. The van der Waals surface area contributed by atoms with Crippen molar-refractivity contribution in [3.05, 3.63) is 53.2 Å². The Kier molecular flexibility index (Phi) is 9.79. The minimum atomic E-state index is -0.994. The number of carbonyl (C=O) groups is 1. The van der Waals surface area contributed by atoms with Gasteiger partial charge in [0.1, 0.15) is 12.4 Å². The van der Waals surface area contributed by atoms with E-state index in [0.29, 0.717) is 51.4 Å². The monoisotopic (exact) mass is 655 g/mol. The second kappa shape index (κ2) is 14.5. The molecule has 12 heteroatoms. The summed E-state index contributed by atoms with van der Waals surface area (Å²) in [6.07, 6.45) is 5.06. The van der Waals surface area contributed by atoms with Gasteiger partial charge in [0, 0.05) is 55.5 Å². The highest BCUT2D eigenvalue weighted by Gasteiger charge is 2.34. The second-order valence-electron chi connectivity index (χ2n) is 13.4. The van der Waals surface area contributed by atoms with Gasteiger partial charge in [-0.15, -0.1) is 0 Å². The summed E-state index contributed by atoms with van der Waals surface area (Å²) in [5, 5.41) is 21.6. The number of rotatable bonds is 9. The molecule has 0 aliphatic carbocycles. The fourth-order valence-electron chi connectivity index (χ4n) is 7.67. The minimum absolute atomic E-state index is 0.126. The predicted octanol–water partition coefficient (Wildman–Crippen LogP) is 4.79. The number of anilines is 2. The van der Waals surface area contributed by atoms with Crippen LogP contribution < -0.4 is 14.5 Å². The molecule has 0 bridgehead atoms. The first-order valence-corrected chi connectivity index (χ1v) is 17.3. The van der Waals surface area contributed by atoms with Crippen molar-refractivity contribution in [3.8, 4) is 12.1 Å². The van der Waals surface area contributed by atoms with Gasteiger partial charge in [-0.3, -0.25) is 0 Å². The smallest absolute Gasteiger partial charge is 0.407 e. The fourth-order valence-corrected chi connectivity index (χ4v) is 7.67. The number of likely N-dealkylation sites (tertiary alicyclic amines) is 1. The van der Waals surface area contributed by atoms with E-state index in [4.69, 9.17) is 24.2 Å². The van der Waals surface area contributed by atoms with E-state index in [1.165, 1.54) is 10.3 Å². The van der Waals surface area contributed by atoms with E-state index in [1.807, 2.05) is 0 Å². The van der Waals surface area contributed by atoms with Crippen molar-refractivity contribution in [2.45, 2.75) is 76.5 Å². The highest BCUT2D eigenvalue weighted by atomic mass is 16.7. The van der Waals surface area contributed by atoms with Crippen LogP contribution in [0, 0.1) is 11.3 Å². The van der Waals surface area contributed by atoms with Gasteiger partial charge in [-0.1, -0.05) is 30.3 Å². The third kappa shape index (κ3) is 6.86. The molecule has 7 rings (SSSR count). The van der Waals surface area contributed by atoms with E-state index in [2.05, 4.69) is 64.2 Å². The number of fused-ring (bicyclic) bond motifs is 2. The Morgan fingerprint density at radius 2 is 1.92 bits per heavy atom. The third-order valence-electron chi connectivity index (χ3n) is 10.3. The summed E-state index contributed by atoms with van der Waals surface area (Å²) in [6, 6.07) is 15.2. The molecule has 3 saturated heterocycles. The molecule has 3 aromatic rings. The van der Waals surface area contributed by atoms with Crippen LogP contribution in [0.3, 0.4) is 0 Å². The molecule has 48 heavy (non-hydrogen) atoms. The first kappa shape index (κ1) is 32.4. The highest BCUT2D eigenvalue weighted by molar-refractivity contribution is 5.97. The zero-order valence-corrected chi connectivity index (χ0v) is 27.7. The van der Waals surface area contributed by atoms with E-state index >= 15 is 0 Å².